The van der Waals surface area contributed by atoms with Crippen LogP contribution in [-0.4, -0.2) is 0 Å². The molecule has 0 N–H and O–H groups in total. The van der Waals surface area contributed by atoms with Crippen molar-refractivity contribution < 1.29 is 4.74 Å². The second-order valence-electron chi connectivity index (χ2n) is 14.5. The monoisotopic (exact) mass is 713 g/mol. The summed E-state index contributed by atoms with van der Waals surface area (Å²) in [6, 6.07) is 76.5. The van der Waals surface area contributed by atoms with E-state index in [4.69, 9.17) is 4.74 Å². The third kappa shape index (κ3) is 5.34. The highest BCUT2D eigenvalue weighted by Crippen LogP contribution is 2.49. The van der Waals surface area contributed by atoms with Crippen molar-refractivity contribution in [1.82, 2.24) is 0 Å². The van der Waals surface area contributed by atoms with Gasteiger partial charge in [0.15, 0.2) is 0 Å². The van der Waals surface area contributed by atoms with E-state index in [1.807, 2.05) is 12.1 Å². The van der Waals surface area contributed by atoms with Crippen molar-refractivity contribution in [2.45, 2.75) is 0 Å². The third-order valence-corrected chi connectivity index (χ3v) is 11.3. The van der Waals surface area contributed by atoms with Crippen molar-refractivity contribution in [3.05, 3.63) is 212 Å². The van der Waals surface area contributed by atoms with Crippen molar-refractivity contribution in [2.24, 2.45) is 0 Å². The molecule has 0 bridgehead atoms. The molecule has 10 aromatic carbocycles. The predicted octanol–water partition coefficient (Wildman–Crippen LogP) is 15.4. The molecule has 0 spiro atoms. The summed E-state index contributed by atoms with van der Waals surface area (Å²) >= 11 is 0. The Kier molecular flexibility index (Phi) is 7.53. The molecule has 0 saturated carbocycles. The number of hydrogen-bond acceptors (Lipinski definition) is 2. The molecule has 1 heterocycles. The van der Waals surface area contributed by atoms with Gasteiger partial charge in [-0.15, -0.1) is 0 Å². The summed E-state index contributed by atoms with van der Waals surface area (Å²) in [6.45, 7) is 0. The minimum Gasteiger partial charge on any atom is -0.456 e. The molecule has 1 aliphatic heterocycles. The van der Waals surface area contributed by atoms with Gasteiger partial charge in [-0.2, -0.15) is 0 Å². The molecule has 0 atom stereocenters. The van der Waals surface area contributed by atoms with Crippen LogP contribution in [0.2, 0.25) is 0 Å². The molecule has 10 aromatic rings. The van der Waals surface area contributed by atoms with E-state index in [0.29, 0.717) is 0 Å². The lowest BCUT2D eigenvalue weighted by Crippen LogP contribution is -2.10. The Morgan fingerprint density at radius 3 is 1.46 bits per heavy atom. The average Bonchev–Trinajstić information content (AvgIpc) is 3.27. The number of fused-ring (bicyclic) bond motifs is 4. The molecule has 0 aliphatic carbocycles. The summed E-state index contributed by atoms with van der Waals surface area (Å²) in [4.78, 5) is 2.37. The first-order valence-electron chi connectivity index (χ1n) is 19.2. The standard InChI is InChI=1S/C54H35NO/c1-3-17-44-36(11-1)13-8-20-46(44)38-25-29-41(30-26-38)55(42-31-27-39(28-32-42)47-21-9-14-37-12-2-4-18-45(37)47)43-16-7-15-40(35-43)48-33-34-53-54-50(48)22-10-23-51(54)49-19-5-6-24-52(49)56-53/h1-35H. The van der Waals surface area contributed by atoms with Gasteiger partial charge in [-0.3, -0.25) is 0 Å². The third-order valence-electron chi connectivity index (χ3n) is 11.3. The van der Waals surface area contributed by atoms with Crippen LogP contribution in [0.4, 0.5) is 17.1 Å². The zero-order valence-corrected chi connectivity index (χ0v) is 30.6. The number of ether oxygens (including phenoxy) is 1. The Bertz CT molecular complexity index is 2970. The Labute approximate surface area is 326 Å². The van der Waals surface area contributed by atoms with E-state index in [1.165, 1.54) is 60.3 Å². The second-order valence-corrected chi connectivity index (χ2v) is 14.5. The Morgan fingerprint density at radius 1 is 0.286 bits per heavy atom. The van der Waals surface area contributed by atoms with Gasteiger partial charge < -0.3 is 9.64 Å². The fourth-order valence-electron chi connectivity index (χ4n) is 8.63. The maximum absolute atomic E-state index is 6.44. The van der Waals surface area contributed by atoms with Gasteiger partial charge in [-0.05, 0) is 114 Å². The lowest BCUT2D eigenvalue weighted by Gasteiger charge is -2.27. The first-order chi connectivity index (χ1) is 27.8. The largest absolute Gasteiger partial charge is 0.456 e. The van der Waals surface area contributed by atoms with Crippen molar-refractivity contribution in [3.63, 3.8) is 0 Å². The van der Waals surface area contributed by atoms with Gasteiger partial charge in [-0.25, -0.2) is 0 Å². The molecule has 0 unspecified atom stereocenters. The quantitative estimate of drug-likeness (QED) is 0.170. The summed E-state index contributed by atoms with van der Waals surface area (Å²) in [5, 5.41) is 7.33. The smallest absolute Gasteiger partial charge is 0.135 e. The molecule has 11 rings (SSSR count). The summed E-state index contributed by atoms with van der Waals surface area (Å²) < 4.78 is 6.44. The van der Waals surface area contributed by atoms with Crippen molar-refractivity contribution in [2.75, 3.05) is 4.90 Å². The van der Waals surface area contributed by atoms with Crippen LogP contribution in [0.3, 0.4) is 0 Å². The van der Waals surface area contributed by atoms with Gasteiger partial charge in [0.05, 0.1) is 0 Å². The summed E-state index contributed by atoms with van der Waals surface area (Å²) in [7, 11) is 0. The fourth-order valence-corrected chi connectivity index (χ4v) is 8.63. The molecule has 262 valence electrons. The summed E-state index contributed by atoms with van der Waals surface area (Å²) in [6.07, 6.45) is 0. The van der Waals surface area contributed by atoms with E-state index in [9.17, 15) is 0 Å². The maximum atomic E-state index is 6.44. The zero-order valence-electron chi connectivity index (χ0n) is 30.6. The van der Waals surface area contributed by atoms with Crippen LogP contribution in [0.5, 0.6) is 11.5 Å². The molecule has 0 saturated heterocycles. The highest BCUT2D eigenvalue weighted by atomic mass is 16.5. The van der Waals surface area contributed by atoms with E-state index in [0.717, 1.165) is 45.1 Å². The van der Waals surface area contributed by atoms with E-state index in [1.54, 1.807) is 0 Å². The van der Waals surface area contributed by atoms with E-state index >= 15 is 0 Å². The van der Waals surface area contributed by atoms with E-state index < -0.39 is 0 Å². The molecular weight excluding hydrogens is 679 g/mol. The average molecular weight is 714 g/mol. The number of benzene rings is 10. The minimum atomic E-state index is 0.897. The molecule has 0 fully saturated rings. The van der Waals surface area contributed by atoms with E-state index in [2.05, 4.69) is 205 Å². The van der Waals surface area contributed by atoms with Gasteiger partial charge >= 0.3 is 0 Å². The number of para-hydroxylation sites is 1. The normalized spacial score (nSPS) is 11.7. The molecule has 0 amide bonds. The second kappa shape index (κ2) is 13.2. The molecule has 0 aromatic heterocycles. The zero-order chi connectivity index (χ0) is 37.0. The van der Waals surface area contributed by atoms with Gasteiger partial charge in [0.1, 0.15) is 11.5 Å². The first kappa shape index (κ1) is 32.0. The molecule has 2 heteroatoms. The van der Waals surface area contributed by atoms with Crippen LogP contribution >= 0.6 is 0 Å². The van der Waals surface area contributed by atoms with Crippen LogP contribution < -0.4 is 9.64 Å². The Hall–Kier alpha value is -7.42. The predicted molar refractivity (Wildman–Crippen MR) is 235 cm³/mol. The molecule has 0 radical (unpaired) electrons. The van der Waals surface area contributed by atoms with Gasteiger partial charge in [0, 0.05) is 28.0 Å². The molecule has 1 aliphatic rings. The van der Waals surface area contributed by atoms with Crippen molar-refractivity contribution in [1.29, 1.82) is 0 Å². The SMILES string of the molecule is c1cc(-c2ccc3c4c(cccc24)-c2ccccc2O3)cc(N(c2ccc(-c3cccc4ccccc34)cc2)c2ccc(-c3cccc4ccccc34)cc2)c1. The molecule has 56 heavy (non-hydrogen) atoms. The van der Waals surface area contributed by atoms with Crippen LogP contribution in [-0.2, 0) is 0 Å². The molecular formula is C54H35NO. The highest BCUT2D eigenvalue weighted by molar-refractivity contribution is 6.10. The fraction of sp³-hybridized carbons (Fsp3) is 0. The van der Waals surface area contributed by atoms with Gasteiger partial charge in [-0.1, -0.05) is 164 Å². The number of rotatable bonds is 6. The Morgan fingerprint density at radius 2 is 0.786 bits per heavy atom. The number of anilines is 3. The topological polar surface area (TPSA) is 12.5 Å². The summed E-state index contributed by atoms with van der Waals surface area (Å²) in [5.74, 6) is 1.80. The van der Waals surface area contributed by atoms with Crippen LogP contribution in [0, 0.1) is 0 Å². The number of nitrogens with zero attached hydrogens (tertiary/aromatic N) is 1. The summed E-state index contributed by atoms with van der Waals surface area (Å²) in [5.41, 5.74) is 12.8. The first-order valence-corrected chi connectivity index (χ1v) is 19.2. The van der Waals surface area contributed by atoms with Crippen LogP contribution in [0.1, 0.15) is 0 Å². The van der Waals surface area contributed by atoms with Gasteiger partial charge in [0.25, 0.3) is 0 Å². The van der Waals surface area contributed by atoms with E-state index in [-0.39, 0.29) is 0 Å². The van der Waals surface area contributed by atoms with Crippen molar-refractivity contribution in [3.8, 4) is 56.0 Å². The maximum Gasteiger partial charge on any atom is 0.135 e. The highest BCUT2D eigenvalue weighted by Gasteiger charge is 2.22. The molecule has 2 nitrogen and oxygen atoms in total. The lowest BCUT2D eigenvalue weighted by atomic mass is 9.90. The van der Waals surface area contributed by atoms with Crippen LogP contribution in [0.25, 0.3) is 76.8 Å². The van der Waals surface area contributed by atoms with Crippen molar-refractivity contribution >= 4 is 49.4 Å². The Balaban J connectivity index is 1.04. The number of hydrogen-bond donors (Lipinski definition) is 0. The van der Waals surface area contributed by atoms with Gasteiger partial charge in [0.2, 0.25) is 0 Å². The van der Waals surface area contributed by atoms with Crippen LogP contribution in [0.15, 0.2) is 212 Å². The lowest BCUT2D eigenvalue weighted by molar-refractivity contribution is 0.487. The minimum absolute atomic E-state index is 0.897.